The molecular formula is C12H11F3N4O3S. The smallest absolute Gasteiger partial charge is 0.445 e. The molecule has 0 saturated carbocycles. The summed E-state index contributed by atoms with van der Waals surface area (Å²) in [6.45, 7) is 0. The highest BCUT2D eigenvalue weighted by molar-refractivity contribution is 7.15. The summed E-state index contributed by atoms with van der Waals surface area (Å²) in [6, 6.07) is 3.34. The molecule has 7 nitrogen and oxygen atoms in total. The van der Waals surface area contributed by atoms with E-state index < -0.39 is 17.2 Å². The van der Waals surface area contributed by atoms with Crippen molar-refractivity contribution in [1.29, 1.82) is 0 Å². The number of alkyl halides is 3. The number of rotatable bonds is 4. The zero-order valence-corrected chi connectivity index (χ0v) is 12.7. The lowest BCUT2D eigenvalue weighted by Crippen LogP contribution is -2.31. The number of urea groups is 1. The van der Waals surface area contributed by atoms with Crippen LogP contribution in [0, 0.1) is 0 Å². The van der Waals surface area contributed by atoms with Crippen LogP contribution in [-0.4, -0.2) is 30.4 Å². The largest absolute Gasteiger partial charge is 0.497 e. The van der Waals surface area contributed by atoms with E-state index in [4.69, 9.17) is 15.2 Å². The lowest BCUT2D eigenvalue weighted by Gasteiger charge is -2.19. The number of nitrogens with two attached hydrogens (primary N) is 1. The standard InChI is InChI=1S/C12H11F3N4O3S/c1-21-6-3-4-7(8(5-6)22-2)19(10(16)20)11-18-17-9(23-11)12(13,14)15/h3-5H,1-2H3,(H2,16,20). The molecule has 0 saturated heterocycles. The van der Waals surface area contributed by atoms with Gasteiger partial charge in [0.15, 0.2) is 0 Å². The van der Waals surface area contributed by atoms with Crippen molar-refractivity contribution < 1.29 is 27.4 Å². The molecule has 1 heterocycles. The Morgan fingerprint density at radius 2 is 1.96 bits per heavy atom. The van der Waals surface area contributed by atoms with Crippen molar-refractivity contribution in [2.45, 2.75) is 6.18 Å². The summed E-state index contributed by atoms with van der Waals surface area (Å²) in [6.07, 6.45) is -4.66. The monoisotopic (exact) mass is 348 g/mol. The van der Waals surface area contributed by atoms with Gasteiger partial charge in [-0.15, -0.1) is 10.2 Å². The van der Waals surface area contributed by atoms with Gasteiger partial charge in [0.05, 0.1) is 19.9 Å². The summed E-state index contributed by atoms with van der Waals surface area (Å²) < 4.78 is 48.1. The predicted octanol–water partition coefficient (Wildman–Crippen LogP) is 2.79. The molecule has 2 rings (SSSR count). The average molecular weight is 348 g/mol. The van der Waals surface area contributed by atoms with Crippen LogP contribution < -0.4 is 20.1 Å². The molecular weight excluding hydrogens is 337 g/mol. The number of aromatic nitrogens is 2. The maximum atomic E-state index is 12.6. The number of anilines is 2. The number of methoxy groups -OCH3 is 2. The van der Waals surface area contributed by atoms with Crippen molar-refractivity contribution in [2.24, 2.45) is 5.73 Å². The zero-order chi connectivity index (χ0) is 17.2. The van der Waals surface area contributed by atoms with Gasteiger partial charge in [-0.25, -0.2) is 9.69 Å². The number of hydrogen-bond acceptors (Lipinski definition) is 6. The first-order chi connectivity index (χ1) is 10.8. The molecule has 124 valence electrons. The average Bonchev–Trinajstić information content (AvgIpc) is 2.97. The first-order valence-electron chi connectivity index (χ1n) is 6.00. The second kappa shape index (κ2) is 6.28. The highest BCUT2D eigenvalue weighted by atomic mass is 32.1. The minimum Gasteiger partial charge on any atom is -0.497 e. The van der Waals surface area contributed by atoms with E-state index in [0.29, 0.717) is 5.75 Å². The van der Waals surface area contributed by atoms with Gasteiger partial charge in [0.1, 0.15) is 11.5 Å². The van der Waals surface area contributed by atoms with E-state index in [0.717, 1.165) is 4.90 Å². The Balaban J connectivity index is 2.51. The molecule has 11 heteroatoms. The maximum Gasteiger partial charge on any atom is 0.445 e. The SMILES string of the molecule is COc1ccc(N(C(N)=O)c2nnc(C(F)(F)F)s2)c(OC)c1. The summed E-state index contributed by atoms with van der Waals surface area (Å²) in [5.41, 5.74) is 5.39. The number of primary amides is 1. The molecule has 2 amide bonds. The Morgan fingerprint density at radius 1 is 1.26 bits per heavy atom. The van der Waals surface area contributed by atoms with Gasteiger partial charge >= 0.3 is 12.2 Å². The summed E-state index contributed by atoms with van der Waals surface area (Å²) in [7, 11) is 2.76. The molecule has 0 radical (unpaired) electrons. The van der Waals surface area contributed by atoms with E-state index in [-0.39, 0.29) is 27.9 Å². The summed E-state index contributed by atoms with van der Waals surface area (Å²) in [5.74, 6) is 0.607. The zero-order valence-electron chi connectivity index (χ0n) is 11.9. The fraction of sp³-hybridized carbons (Fsp3) is 0.250. The molecule has 1 aromatic heterocycles. The van der Waals surface area contributed by atoms with Crippen LogP contribution in [0.4, 0.5) is 28.8 Å². The van der Waals surface area contributed by atoms with Crippen LogP contribution in [0.2, 0.25) is 0 Å². The van der Waals surface area contributed by atoms with E-state index >= 15 is 0 Å². The number of halogens is 3. The molecule has 0 aliphatic heterocycles. The number of benzene rings is 1. The van der Waals surface area contributed by atoms with E-state index in [1.807, 2.05) is 0 Å². The Bertz CT molecular complexity index is 720. The molecule has 0 atom stereocenters. The molecule has 2 N–H and O–H groups in total. The molecule has 0 spiro atoms. The molecule has 0 fully saturated rings. The van der Waals surface area contributed by atoms with Crippen molar-refractivity contribution in [3.8, 4) is 11.5 Å². The van der Waals surface area contributed by atoms with Crippen molar-refractivity contribution in [2.75, 3.05) is 19.1 Å². The minimum absolute atomic E-state index is 0.116. The molecule has 23 heavy (non-hydrogen) atoms. The Labute approximate surface area is 132 Å². The number of nitrogens with zero attached hydrogens (tertiary/aromatic N) is 3. The molecule has 0 bridgehead atoms. The maximum absolute atomic E-state index is 12.6. The van der Waals surface area contributed by atoms with Crippen molar-refractivity contribution in [1.82, 2.24) is 10.2 Å². The highest BCUT2D eigenvalue weighted by Crippen LogP contribution is 2.40. The predicted molar refractivity (Wildman–Crippen MR) is 76.2 cm³/mol. The molecule has 0 unspecified atom stereocenters. The lowest BCUT2D eigenvalue weighted by molar-refractivity contribution is -0.138. The third-order valence-corrected chi connectivity index (χ3v) is 3.65. The Kier molecular flexibility index (Phi) is 4.59. The van der Waals surface area contributed by atoms with Crippen molar-refractivity contribution in [3.63, 3.8) is 0 Å². The normalized spacial score (nSPS) is 11.2. The second-order valence-corrected chi connectivity index (χ2v) is 5.05. The van der Waals surface area contributed by atoms with Gasteiger partial charge in [0, 0.05) is 6.07 Å². The highest BCUT2D eigenvalue weighted by Gasteiger charge is 2.37. The molecule has 0 aliphatic rings. The van der Waals surface area contributed by atoms with E-state index in [9.17, 15) is 18.0 Å². The van der Waals surface area contributed by atoms with E-state index in [1.165, 1.54) is 32.4 Å². The van der Waals surface area contributed by atoms with Crippen molar-refractivity contribution >= 4 is 28.2 Å². The lowest BCUT2D eigenvalue weighted by atomic mass is 10.2. The number of ether oxygens (including phenoxy) is 2. The van der Waals surface area contributed by atoms with Crippen LogP contribution in [0.15, 0.2) is 18.2 Å². The van der Waals surface area contributed by atoms with Gasteiger partial charge in [0.25, 0.3) is 0 Å². The Morgan fingerprint density at radius 3 is 2.43 bits per heavy atom. The number of amides is 2. The van der Waals surface area contributed by atoms with Crippen LogP contribution in [0.3, 0.4) is 0 Å². The topological polar surface area (TPSA) is 90.6 Å². The first kappa shape index (κ1) is 16.8. The van der Waals surface area contributed by atoms with Crippen LogP contribution in [0.5, 0.6) is 11.5 Å². The fourth-order valence-electron chi connectivity index (χ4n) is 1.71. The molecule has 1 aromatic carbocycles. The van der Waals surface area contributed by atoms with Crippen LogP contribution in [0.25, 0.3) is 0 Å². The third-order valence-electron chi connectivity index (χ3n) is 2.70. The fourth-order valence-corrected chi connectivity index (χ4v) is 2.44. The second-order valence-electron chi connectivity index (χ2n) is 4.10. The van der Waals surface area contributed by atoms with Gasteiger partial charge in [-0.1, -0.05) is 11.3 Å². The van der Waals surface area contributed by atoms with Crippen LogP contribution in [0.1, 0.15) is 5.01 Å². The summed E-state index contributed by atoms with van der Waals surface area (Å²) in [5, 5.41) is 4.91. The van der Waals surface area contributed by atoms with Gasteiger partial charge in [-0.2, -0.15) is 13.2 Å². The van der Waals surface area contributed by atoms with Gasteiger partial charge in [-0.05, 0) is 12.1 Å². The van der Waals surface area contributed by atoms with Crippen LogP contribution >= 0.6 is 11.3 Å². The number of hydrogen-bond donors (Lipinski definition) is 1. The van der Waals surface area contributed by atoms with Gasteiger partial charge in [0.2, 0.25) is 10.1 Å². The third kappa shape index (κ3) is 3.44. The first-order valence-corrected chi connectivity index (χ1v) is 6.82. The van der Waals surface area contributed by atoms with Crippen molar-refractivity contribution in [3.05, 3.63) is 23.2 Å². The quantitative estimate of drug-likeness (QED) is 0.917. The Hall–Kier alpha value is -2.56. The van der Waals surface area contributed by atoms with E-state index in [1.54, 1.807) is 0 Å². The van der Waals surface area contributed by atoms with Crippen LogP contribution in [-0.2, 0) is 6.18 Å². The molecule has 0 aliphatic carbocycles. The number of carbonyl (C=O) groups excluding carboxylic acids is 1. The number of carbonyl (C=O) groups is 1. The summed E-state index contributed by atoms with van der Waals surface area (Å²) in [4.78, 5) is 12.5. The molecule has 2 aromatic rings. The van der Waals surface area contributed by atoms with Gasteiger partial charge < -0.3 is 15.2 Å². The van der Waals surface area contributed by atoms with Gasteiger partial charge in [-0.3, -0.25) is 0 Å². The summed E-state index contributed by atoms with van der Waals surface area (Å²) >= 11 is 0.191. The van der Waals surface area contributed by atoms with E-state index in [2.05, 4.69) is 10.2 Å². The minimum atomic E-state index is -4.66.